The first-order valence-electron chi connectivity index (χ1n) is 9.12. The molecule has 4 rings (SSSR count). The summed E-state index contributed by atoms with van der Waals surface area (Å²) in [7, 11) is 0. The van der Waals surface area contributed by atoms with Gasteiger partial charge in [0.1, 0.15) is 6.61 Å². The van der Waals surface area contributed by atoms with Gasteiger partial charge < -0.3 is 4.74 Å². The normalized spacial score (nSPS) is 11.6. The minimum atomic E-state index is -4.39. The van der Waals surface area contributed by atoms with Crippen molar-refractivity contribution in [2.24, 2.45) is 0 Å². The smallest absolute Gasteiger partial charge is 0.416 e. The van der Waals surface area contributed by atoms with Crippen LogP contribution in [-0.4, -0.2) is 21.1 Å². The highest BCUT2D eigenvalue weighted by Crippen LogP contribution is 2.31. The molecule has 0 aliphatic rings. The number of hydrogen-bond donors (Lipinski definition) is 0. The number of fused-ring (bicyclic) bond motifs is 1. The summed E-state index contributed by atoms with van der Waals surface area (Å²) in [6.07, 6.45) is -1.33. The highest BCUT2D eigenvalue weighted by atomic mass is 19.4. The van der Waals surface area contributed by atoms with Crippen LogP contribution in [-0.2, 0) is 12.7 Å². The van der Waals surface area contributed by atoms with Crippen molar-refractivity contribution in [1.82, 2.24) is 14.5 Å². The number of rotatable bonds is 5. The van der Waals surface area contributed by atoms with Crippen LogP contribution in [0.3, 0.4) is 0 Å². The second kappa shape index (κ2) is 7.98. The molecule has 30 heavy (non-hydrogen) atoms. The van der Waals surface area contributed by atoms with Crippen molar-refractivity contribution < 1.29 is 17.9 Å². The largest absolute Gasteiger partial charge is 0.476 e. The molecule has 0 radical (unpaired) electrons. The van der Waals surface area contributed by atoms with E-state index < -0.39 is 11.7 Å². The fraction of sp³-hybridized carbons (Fsp3) is 0.136. The fourth-order valence-electron chi connectivity index (χ4n) is 3.03. The van der Waals surface area contributed by atoms with Gasteiger partial charge in [0.05, 0.1) is 29.3 Å². The van der Waals surface area contributed by atoms with Crippen LogP contribution in [0.25, 0.3) is 22.0 Å². The first-order chi connectivity index (χ1) is 14.4. The van der Waals surface area contributed by atoms with E-state index in [2.05, 4.69) is 9.97 Å². The van der Waals surface area contributed by atoms with Crippen LogP contribution in [0.1, 0.15) is 5.56 Å². The molecule has 0 amide bonds. The average molecular weight is 411 g/mol. The molecule has 0 spiro atoms. The van der Waals surface area contributed by atoms with Crippen LogP contribution in [0.2, 0.25) is 0 Å². The van der Waals surface area contributed by atoms with Gasteiger partial charge in [0.2, 0.25) is 5.88 Å². The Labute approximate surface area is 169 Å². The number of nitrogens with zero attached hydrogens (tertiary/aromatic N) is 3. The number of alkyl halides is 3. The van der Waals surface area contributed by atoms with Crippen molar-refractivity contribution in [2.45, 2.75) is 12.7 Å². The van der Waals surface area contributed by atoms with Gasteiger partial charge in [-0.25, -0.2) is 9.97 Å². The third-order valence-electron chi connectivity index (χ3n) is 4.59. The highest BCUT2D eigenvalue weighted by Gasteiger charge is 2.29. The third-order valence-corrected chi connectivity index (χ3v) is 4.59. The minimum absolute atomic E-state index is 0.239. The molecule has 0 saturated carbocycles. The predicted molar refractivity (Wildman–Crippen MR) is 106 cm³/mol. The first kappa shape index (κ1) is 19.6. The lowest BCUT2D eigenvalue weighted by Gasteiger charge is -2.10. The van der Waals surface area contributed by atoms with Crippen molar-refractivity contribution in [3.05, 3.63) is 89.1 Å². The molecule has 0 N–H and O–H groups in total. The zero-order valence-electron chi connectivity index (χ0n) is 15.6. The monoisotopic (exact) mass is 411 g/mol. The van der Waals surface area contributed by atoms with Gasteiger partial charge in [-0.2, -0.15) is 13.2 Å². The standard InChI is InChI=1S/C22H16F3N3O2/c23-22(24,25)17-7-4-15(5-8-17)16-6-9-19-18(13-16)21(29)28(14-27-19)11-12-30-20-3-1-2-10-26-20/h1-10,13-14H,11-12H2. The summed E-state index contributed by atoms with van der Waals surface area (Å²) < 4.78 is 45.3. The van der Waals surface area contributed by atoms with Crippen LogP contribution in [0.15, 0.2) is 78.0 Å². The SMILES string of the molecule is O=c1c2cc(-c3ccc(C(F)(F)F)cc3)ccc2ncn1CCOc1ccccn1. The van der Waals surface area contributed by atoms with Gasteiger partial charge in [-0.15, -0.1) is 0 Å². The number of ether oxygens (including phenoxy) is 1. The van der Waals surface area contributed by atoms with Gasteiger partial charge in [0.25, 0.3) is 5.56 Å². The van der Waals surface area contributed by atoms with Crippen molar-refractivity contribution in [3.8, 4) is 17.0 Å². The Morgan fingerprint density at radius 2 is 1.70 bits per heavy atom. The van der Waals surface area contributed by atoms with Crippen molar-refractivity contribution in [1.29, 1.82) is 0 Å². The number of halogens is 3. The topological polar surface area (TPSA) is 57.0 Å². The summed E-state index contributed by atoms with van der Waals surface area (Å²) in [5.41, 5.74) is 0.760. The number of hydrogen-bond acceptors (Lipinski definition) is 4. The van der Waals surface area contributed by atoms with Crippen LogP contribution in [0.4, 0.5) is 13.2 Å². The van der Waals surface area contributed by atoms with Crippen molar-refractivity contribution >= 4 is 10.9 Å². The van der Waals surface area contributed by atoms with Crippen LogP contribution >= 0.6 is 0 Å². The Kier molecular flexibility index (Phi) is 5.22. The maximum atomic E-state index is 12.8. The molecule has 2 heterocycles. The Balaban J connectivity index is 1.58. The first-order valence-corrected chi connectivity index (χ1v) is 9.12. The van der Waals surface area contributed by atoms with E-state index in [1.807, 2.05) is 0 Å². The molecule has 8 heteroatoms. The molecule has 152 valence electrons. The lowest BCUT2D eigenvalue weighted by molar-refractivity contribution is -0.137. The molecule has 0 unspecified atom stereocenters. The molecule has 2 aromatic heterocycles. The van der Waals surface area contributed by atoms with Crippen LogP contribution < -0.4 is 10.3 Å². The molecule has 0 atom stereocenters. The lowest BCUT2D eigenvalue weighted by Crippen LogP contribution is -2.23. The summed E-state index contributed by atoms with van der Waals surface area (Å²) >= 11 is 0. The van der Waals surface area contributed by atoms with Gasteiger partial charge >= 0.3 is 6.18 Å². The average Bonchev–Trinajstić information content (AvgIpc) is 2.75. The molecule has 0 aliphatic carbocycles. The molecule has 0 bridgehead atoms. The Hall–Kier alpha value is -3.68. The number of benzene rings is 2. The van der Waals surface area contributed by atoms with E-state index >= 15 is 0 Å². The minimum Gasteiger partial charge on any atom is -0.476 e. The quantitative estimate of drug-likeness (QED) is 0.483. The van der Waals surface area contributed by atoms with Gasteiger partial charge in [-0.05, 0) is 41.5 Å². The molecular weight excluding hydrogens is 395 g/mol. The number of pyridine rings is 1. The molecule has 0 fully saturated rings. The lowest BCUT2D eigenvalue weighted by atomic mass is 10.0. The van der Waals surface area contributed by atoms with E-state index in [9.17, 15) is 18.0 Å². The number of aromatic nitrogens is 3. The molecule has 2 aromatic carbocycles. The molecule has 4 aromatic rings. The second-order valence-electron chi connectivity index (χ2n) is 6.57. The predicted octanol–water partition coefficient (Wildman–Crippen LogP) is 4.56. The zero-order valence-corrected chi connectivity index (χ0v) is 15.6. The maximum absolute atomic E-state index is 12.8. The summed E-state index contributed by atoms with van der Waals surface area (Å²) in [6, 6.07) is 15.2. The van der Waals surface area contributed by atoms with Crippen LogP contribution in [0, 0.1) is 0 Å². The molecule has 0 saturated heterocycles. The van der Waals surface area contributed by atoms with Gasteiger partial charge in [0.15, 0.2) is 0 Å². The van der Waals surface area contributed by atoms with E-state index in [0.29, 0.717) is 27.9 Å². The Morgan fingerprint density at radius 1 is 0.933 bits per heavy atom. The second-order valence-corrected chi connectivity index (χ2v) is 6.57. The summed E-state index contributed by atoms with van der Waals surface area (Å²) in [6.45, 7) is 0.519. The molecule has 5 nitrogen and oxygen atoms in total. The Bertz CT molecular complexity index is 1220. The summed E-state index contributed by atoms with van der Waals surface area (Å²) in [4.78, 5) is 21.2. The van der Waals surface area contributed by atoms with E-state index in [0.717, 1.165) is 12.1 Å². The van der Waals surface area contributed by atoms with Crippen molar-refractivity contribution in [2.75, 3.05) is 6.61 Å². The van der Waals surface area contributed by atoms with E-state index in [1.165, 1.54) is 23.0 Å². The van der Waals surface area contributed by atoms with Crippen LogP contribution in [0.5, 0.6) is 5.88 Å². The Morgan fingerprint density at radius 3 is 2.40 bits per heavy atom. The summed E-state index contributed by atoms with van der Waals surface area (Å²) in [5.74, 6) is 0.462. The third kappa shape index (κ3) is 4.17. The zero-order chi connectivity index (χ0) is 21.1. The maximum Gasteiger partial charge on any atom is 0.416 e. The molecule has 0 aliphatic heterocycles. The summed E-state index contributed by atoms with van der Waals surface area (Å²) in [5, 5.41) is 0.382. The fourth-order valence-corrected chi connectivity index (χ4v) is 3.03. The van der Waals surface area contributed by atoms with E-state index in [1.54, 1.807) is 42.6 Å². The highest BCUT2D eigenvalue weighted by molar-refractivity contribution is 5.83. The van der Waals surface area contributed by atoms with Gasteiger partial charge in [-0.3, -0.25) is 9.36 Å². The van der Waals surface area contributed by atoms with Gasteiger partial charge in [-0.1, -0.05) is 24.3 Å². The molecular formula is C22H16F3N3O2. The van der Waals surface area contributed by atoms with Gasteiger partial charge in [0, 0.05) is 12.3 Å². The van der Waals surface area contributed by atoms with Crippen molar-refractivity contribution in [3.63, 3.8) is 0 Å². The van der Waals surface area contributed by atoms with E-state index in [4.69, 9.17) is 4.74 Å². The van der Waals surface area contributed by atoms with E-state index in [-0.39, 0.29) is 18.7 Å².